The third kappa shape index (κ3) is 3.45. The summed E-state index contributed by atoms with van der Waals surface area (Å²) in [6.45, 7) is 0. The van der Waals surface area contributed by atoms with E-state index in [2.05, 4.69) is 156 Å². The lowest BCUT2D eigenvalue weighted by molar-refractivity contribution is 0.669. The summed E-state index contributed by atoms with van der Waals surface area (Å²) in [7, 11) is 0. The second-order valence-corrected chi connectivity index (χ2v) is 11.0. The largest absolute Gasteiger partial charge is 0.456 e. The van der Waals surface area contributed by atoms with Crippen LogP contribution in [0.2, 0.25) is 0 Å². The molecule has 2 heteroatoms. The maximum Gasteiger partial charge on any atom is 0.137 e. The van der Waals surface area contributed by atoms with Crippen molar-refractivity contribution < 1.29 is 4.42 Å². The first-order valence-electron chi connectivity index (χ1n) is 14.4. The number of hydrogen-bond acceptors (Lipinski definition) is 1. The number of furan rings is 1. The van der Waals surface area contributed by atoms with Crippen molar-refractivity contribution in [2.75, 3.05) is 0 Å². The zero-order valence-corrected chi connectivity index (χ0v) is 22.8. The van der Waals surface area contributed by atoms with Gasteiger partial charge in [0.25, 0.3) is 0 Å². The molecule has 2 nitrogen and oxygen atoms in total. The third-order valence-electron chi connectivity index (χ3n) is 8.54. The van der Waals surface area contributed by atoms with Crippen LogP contribution in [0.15, 0.2) is 156 Å². The van der Waals surface area contributed by atoms with Crippen LogP contribution in [-0.2, 0) is 0 Å². The molecule has 0 fully saturated rings. The number of hydrogen-bond donors (Lipinski definition) is 0. The summed E-state index contributed by atoms with van der Waals surface area (Å²) in [4.78, 5) is 0. The van der Waals surface area contributed by atoms with E-state index in [1.165, 1.54) is 54.7 Å². The Kier molecular flexibility index (Phi) is 4.93. The summed E-state index contributed by atoms with van der Waals surface area (Å²) in [5, 5.41) is 7.23. The Morgan fingerprint density at radius 2 is 1.02 bits per heavy atom. The van der Waals surface area contributed by atoms with Crippen LogP contribution in [0.5, 0.6) is 0 Å². The molecular formula is C40H25NO. The van der Waals surface area contributed by atoms with E-state index in [1.807, 2.05) is 0 Å². The normalized spacial score (nSPS) is 11.8. The van der Waals surface area contributed by atoms with Crippen LogP contribution in [0.4, 0.5) is 0 Å². The standard InChI is InChI=1S/C40H25NO/c1-3-11-26(12-4-1)29-21-30(27-13-5-2-6-14-27)23-31(22-29)41-36-18-10-9-17-33(36)34-24-35-39(25-37(34)41)42-38-20-19-28-15-7-8-16-32(28)40(35)38/h1-25H. The summed E-state index contributed by atoms with van der Waals surface area (Å²) >= 11 is 0. The van der Waals surface area contributed by atoms with Gasteiger partial charge >= 0.3 is 0 Å². The average Bonchev–Trinajstić information content (AvgIpc) is 3.59. The summed E-state index contributed by atoms with van der Waals surface area (Å²) < 4.78 is 8.93. The lowest BCUT2D eigenvalue weighted by atomic mass is 9.98. The zero-order valence-electron chi connectivity index (χ0n) is 22.8. The third-order valence-corrected chi connectivity index (χ3v) is 8.54. The van der Waals surface area contributed by atoms with Gasteiger partial charge in [-0.2, -0.15) is 0 Å². The smallest absolute Gasteiger partial charge is 0.137 e. The van der Waals surface area contributed by atoms with Crippen molar-refractivity contribution in [3.63, 3.8) is 0 Å². The minimum atomic E-state index is 0.903. The molecule has 0 saturated carbocycles. The highest BCUT2D eigenvalue weighted by Crippen LogP contribution is 2.41. The Labute approximate surface area is 242 Å². The fourth-order valence-electron chi connectivity index (χ4n) is 6.62. The quantitative estimate of drug-likeness (QED) is 0.220. The van der Waals surface area contributed by atoms with Crippen LogP contribution < -0.4 is 0 Å². The van der Waals surface area contributed by atoms with E-state index in [0.29, 0.717) is 0 Å². The van der Waals surface area contributed by atoms with Gasteiger partial charge < -0.3 is 8.98 Å². The van der Waals surface area contributed by atoms with Gasteiger partial charge in [0.15, 0.2) is 0 Å². The number of aromatic nitrogens is 1. The van der Waals surface area contributed by atoms with Crippen molar-refractivity contribution in [3.8, 4) is 27.9 Å². The molecule has 0 spiro atoms. The molecule has 9 rings (SSSR count). The monoisotopic (exact) mass is 535 g/mol. The van der Waals surface area contributed by atoms with Crippen LogP contribution in [0.1, 0.15) is 0 Å². The molecule has 196 valence electrons. The Bertz CT molecular complexity index is 2390. The van der Waals surface area contributed by atoms with Gasteiger partial charge in [0.2, 0.25) is 0 Å². The van der Waals surface area contributed by atoms with E-state index in [0.717, 1.165) is 27.8 Å². The summed E-state index contributed by atoms with van der Waals surface area (Å²) in [5.41, 5.74) is 10.0. The maximum absolute atomic E-state index is 6.53. The van der Waals surface area contributed by atoms with E-state index >= 15 is 0 Å². The first-order chi connectivity index (χ1) is 20.8. The van der Waals surface area contributed by atoms with E-state index in [4.69, 9.17) is 4.42 Å². The molecule has 7 aromatic carbocycles. The lowest BCUT2D eigenvalue weighted by Crippen LogP contribution is -1.96. The molecule has 0 aliphatic rings. The molecule has 0 aliphatic heterocycles. The molecule has 9 aromatic rings. The molecule has 0 N–H and O–H groups in total. The fraction of sp³-hybridized carbons (Fsp3) is 0. The van der Waals surface area contributed by atoms with E-state index in [1.54, 1.807) is 0 Å². The van der Waals surface area contributed by atoms with Gasteiger partial charge in [-0.15, -0.1) is 0 Å². The molecule has 0 saturated heterocycles. The second kappa shape index (κ2) is 8.95. The molecule has 2 heterocycles. The highest BCUT2D eigenvalue weighted by Gasteiger charge is 2.18. The van der Waals surface area contributed by atoms with Gasteiger partial charge in [0, 0.05) is 33.3 Å². The van der Waals surface area contributed by atoms with Crippen LogP contribution in [0.25, 0.3) is 82.5 Å². The van der Waals surface area contributed by atoms with Gasteiger partial charge in [-0.05, 0) is 69.4 Å². The molecule has 0 aliphatic carbocycles. The molecule has 2 aromatic heterocycles. The van der Waals surface area contributed by atoms with Crippen molar-refractivity contribution in [3.05, 3.63) is 152 Å². The fourth-order valence-corrected chi connectivity index (χ4v) is 6.62. The Hall–Kier alpha value is -5.60. The van der Waals surface area contributed by atoms with E-state index < -0.39 is 0 Å². The number of rotatable bonds is 3. The highest BCUT2D eigenvalue weighted by molar-refractivity contribution is 6.23. The maximum atomic E-state index is 6.53. The topological polar surface area (TPSA) is 18.1 Å². The Morgan fingerprint density at radius 1 is 0.381 bits per heavy atom. The molecule has 0 atom stereocenters. The van der Waals surface area contributed by atoms with Gasteiger partial charge in [-0.25, -0.2) is 0 Å². The van der Waals surface area contributed by atoms with Gasteiger partial charge in [0.1, 0.15) is 11.2 Å². The van der Waals surface area contributed by atoms with Crippen LogP contribution in [-0.4, -0.2) is 4.57 Å². The molecule has 42 heavy (non-hydrogen) atoms. The number of fused-ring (bicyclic) bond motifs is 8. The van der Waals surface area contributed by atoms with E-state index in [9.17, 15) is 0 Å². The van der Waals surface area contributed by atoms with E-state index in [-0.39, 0.29) is 0 Å². The Morgan fingerprint density at radius 3 is 1.76 bits per heavy atom. The Balaban J connectivity index is 1.39. The van der Waals surface area contributed by atoms with Crippen molar-refractivity contribution in [1.29, 1.82) is 0 Å². The minimum absolute atomic E-state index is 0.903. The molecule has 0 bridgehead atoms. The van der Waals surface area contributed by atoms with Gasteiger partial charge in [-0.3, -0.25) is 0 Å². The second-order valence-electron chi connectivity index (χ2n) is 11.0. The van der Waals surface area contributed by atoms with Crippen molar-refractivity contribution in [1.82, 2.24) is 4.57 Å². The predicted molar refractivity (Wildman–Crippen MR) is 176 cm³/mol. The molecular weight excluding hydrogens is 510 g/mol. The first-order valence-corrected chi connectivity index (χ1v) is 14.4. The lowest BCUT2D eigenvalue weighted by Gasteiger charge is -2.14. The summed E-state index contributed by atoms with van der Waals surface area (Å²) in [6.07, 6.45) is 0. The van der Waals surface area contributed by atoms with Crippen molar-refractivity contribution >= 4 is 54.5 Å². The van der Waals surface area contributed by atoms with Crippen molar-refractivity contribution in [2.24, 2.45) is 0 Å². The van der Waals surface area contributed by atoms with Gasteiger partial charge in [-0.1, -0.05) is 109 Å². The van der Waals surface area contributed by atoms with Crippen molar-refractivity contribution in [2.45, 2.75) is 0 Å². The van der Waals surface area contributed by atoms with Crippen LogP contribution in [0, 0.1) is 0 Å². The minimum Gasteiger partial charge on any atom is -0.456 e. The summed E-state index contributed by atoms with van der Waals surface area (Å²) in [6, 6.07) is 54.3. The summed E-state index contributed by atoms with van der Waals surface area (Å²) in [5.74, 6) is 0. The molecule has 0 unspecified atom stereocenters. The predicted octanol–water partition coefficient (Wildman–Crippen LogP) is 11.2. The average molecular weight is 536 g/mol. The molecule has 0 radical (unpaired) electrons. The highest BCUT2D eigenvalue weighted by atomic mass is 16.3. The van der Waals surface area contributed by atoms with Crippen LogP contribution >= 0.6 is 0 Å². The van der Waals surface area contributed by atoms with Gasteiger partial charge in [0.05, 0.1) is 11.0 Å². The van der Waals surface area contributed by atoms with Crippen LogP contribution in [0.3, 0.4) is 0 Å². The first kappa shape index (κ1) is 23.1. The SMILES string of the molecule is c1ccc(-c2cc(-c3ccccc3)cc(-n3c4ccccc4c4cc5c(cc43)oc3ccc4ccccc4c35)c2)cc1. The number of nitrogens with zero attached hydrogens (tertiary/aromatic N) is 1. The number of benzene rings is 7. The number of para-hydroxylation sites is 1. The zero-order chi connectivity index (χ0) is 27.6. The molecule has 0 amide bonds.